The van der Waals surface area contributed by atoms with Crippen molar-refractivity contribution in [3.63, 3.8) is 0 Å². The first-order valence-electron chi connectivity index (χ1n) is 6.71. The van der Waals surface area contributed by atoms with Crippen LogP contribution in [-0.4, -0.2) is 36.3 Å². The summed E-state index contributed by atoms with van der Waals surface area (Å²) in [5, 5.41) is 3.76. The van der Waals surface area contributed by atoms with Crippen molar-refractivity contribution in [1.82, 2.24) is 5.32 Å². The first kappa shape index (κ1) is 12.7. The quantitative estimate of drug-likeness (QED) is 0.775. The van der Waals surface area contributed by atoms with E-state index in [1.165, 1.54) is 38.0 Å². The summed E-state index contributed by atoms with van der Waals surface area (Å²) < 4.78 is 5.95. The SMILES string of the molecule is CCSC1(CNC(C)C2CC2)CCOCC1. The lowest BCUT2D eigenvalue weighted by atomic mass is 9.98. The maximum Gasteiger partial charge on any atom is 0.0479 e. The molecular weight excluding hydrogens is 218 g/mol. The smallest absolute Gasteiger partial charge is 0.0479 e. The molecule has 16 heavy (non-hydrogen) atoms. The summed E-state index contributed by atoms with van der Waals surface area (Å²) in [7, 11) is 0. The second-order valence-electron chi connectivity index (χ2n) is 5.24. The second kappa shape index (κ2) is 5.74. The van der Waals surface area contributed by atoms with E-state index >= 15 is 0 Å². The van der Waals surface area contributed by atoms with Crippen LogP contribution in [0.3, 0.4) is 0 Å². The Morgan fingerprint density at radius 3 is 2.62 bits per heavy atom. The van der Waals surface area contributed by atoms with Crippen LogP contribution in [0.15, 0.2) is 0 Å². The van der Waals surface area contributed by atoms with E-state index in [0.717, 1.165) is 25.2 Å². The van der Waals surface area contributed by atoms with Crippen LogP contribution in [0.5, 0.6) is 0 Å². The molecule has 1 saturated heterocycles. The van der Waals surface area contributed by atoms with Gasteiger partial charge in [-0.25, -0.2) is 0 Å². The Bertz CT molecular complexity index is 206. The summed E-state index contributed by atoms with van der Waals surface area (Å²) in [4.78, 5) is 0. The van der Waals surface area contributed by atoms with E-state index in [0.29, 0.717) is 4.75 Å². The maximum absolute atomic E-state index is 5.50. The van der Waals surface area contributed by atoms with Crippen molar-refractivity contribution in [2.75, 3.05) is 25.5 Å². The number of nitrogens with one attached hydrogen (secondary N) is 1. The summed E-state index contributed by atoms with van der Waals surface area (Å²) in [5.41, 5.74) is 0. The first-order valence-corrected chi connectivity index (χ1v) is 7.69. The van der Waals surface area contributed by atoms with Gasteiger partial charge in [-0.3, -0.25) is 0 Å². The molecule has 2 nitrogen and oxygen atoms in total. The Labute approximate surface area is 104 Å². The number of rotatable bonds is 6. The molecule has 0 aromatic heterocycles. The van der Waals surface area contributed by atoms with Crippen LogP contribution in [0.25, 0.3) is 0 Å². The molecule has 1 saturated carbocycles. The van der Waals surface area contributed by atoms with Crippen LogP contribution in [0.1, 0.15) is 39.5 Å². The number of ether oxygens (including phenoxy) is 1. The Morgan fingerprint density at radius 2 is 2.06 bits per heavy atom. The van der Waals surface area contributed by atoms with Gasteiger partial charge in [-0.05, 0) is 44.3 Å². The summed E-state index contributed by atoms with van der Waals surface area (Å²) >= 11 is 2.13. The number of hydrogen-bond donors (Lipinski definition) is 1. The molecule has 94 valence electrons. The van der Waals surface area contributed by atoms with Crippen LogP contribution in [0.4, 0.5) is 0 Å². The average molecular weight is 243 g/mol. The largest absolute Gasteiger partial charge is 0.381 e. The van der Waals surface area contributed by atoms with Gasteiger partial charge in [0.25, 0.3) is 0 Å². The molecule has 0 bridgehead atoms. The van der Waals surface area contributed by atoms with Crippen LogP contribution < -0.4 is 5.32 Å². The van der Waals surface area contributed by atoms with Crippen molar-refractivity contribution in [1.29, 1.82) is 0 Å². The van der Waals surface area contributed by atoms with Gasteiger partial charge >= 0.3 is 0 Å². The lowest BCUT2D eigenvalue weighted by Crippen LogP contribution is -2.45. The molecule has 1 unspecified atom stereocenters. The van der Waals surface area contributed by atoms with Gasteiger partial charge in [0.1, 0.15) is 0 Å². The van der Waals surface area contributed by atoms with E-state index in [1.54, 1.807) is 0 Å². The molecular formula is C13H25NOS. The van der Waals surface area contributed by atoms with Gasteiger partial charge in [0, 0.05) is 30.5 Å². The van der Waals surface area contributed by atoms with E-state index < -0.39 is 0 Å². The highest BCUT2D eigenvalue weighted by atomic mass is 32.2. The van der Waals surface area contributed by atoms with Crippen LogP contribution >= 0.6 is 11.8 Å². The molecule has 0 spiro atoms. The lowest BCUT2D eigenvalue weighted by molar-refractivity contribution is 0.0764. The molecule has 0 aromatic rings. The van der Waals surface area contributed by atoms with Crippen LogP contribution in [-0.2, 0) is 4.74 Å². The molecule has 1 N–H and O–H groups in total. The van der Waals surface area contributed by atoms with Gasteiger partial charge in [-0.1, -0.05) is 6.92 Å². The fourth-order valence-corrected chi connectivity index (χ4v) is 3.78. The molecule has 2 rings (SSSR count). The maximum atomic E-state index is 5.50. The summed E-state index contributed by atoms with van der Waals surface area (Å²) in [6, 6.07) is 0.720. The first-order chi connectivity index (χ1) is 7.76. The van der Waals surface area contributed by atoms with Crippen molar-refractivity contribution >= 4 is 11.8 Å². The molecule has 1 heterocycles. The molecule has 0 radical (unpaired) electrons. The van der Waals surface area contributed by atoms with Crippen LogP contribution in [0, 0.1) is 5.92 Å². The van der Waals surface area contributed by atoms with E-state index in [9.17, 15) is 0 Å². The summed E-state index contributed by atoms with van der Waals surface area (Å²) in [5.74, 6) is 2.18. The zero-order chi connectivity index (χ0) is 11.4. The topological polar surface area (TPSA) is 21.3 Å². The van der Waals surface area contributed by atoms with Crippen molar-refractivity contribution in [2.24, 2.45) is 5.92 Å². The highest BCUT2D eigenvalue weighted by Gasteiger charge is 2.34. The van der Waals surface area contributed by atoms with Gasteiger partial charge in [0.15, 0.2) is 0 Å². The third-order valence-electron chi connectivity index (χ3n) is 3.93. The molecule has 0 amide bonds. The minimum absolute atomic E-state index is 0.455. The Kier molecular flexibility index (Phi) is 4.57. The Hall–Kier alpha value is 0.270. The van der Waals surface area contributed by atoms with E-state index in [2.05, 4.69) is 30.9 Å². The van der Waals surface area contributed by atoms with E-state index in [-0.39, 0.29) is 0 Å². The fraction of sp³-hybridized carbons (Fsp3) is 1.00. The van der Waals surface area contributed by atoms with E-state index in [1.807, 2.05) is 0 Å². The number of hydrogen-bond acceptors (Lipinski definition) is 3. The van der Waals surface area contributed by atoms with Crippen molar-refractivity contribution < 1.29 is 4.74 Å². The average Bonchev–Trinajstić information content (AvgIpc) is 3.12. The van der Waals surface area contributed by atoms with Crippen molar-refractivity contribution in [3.05, 3.63) is 0 Å². The zero-order valence-electron chi connectivity index (χ0n) is 10.6. The lowest BCUT2D eigenvalue weighted by Gasteiger charge is -2.37. The number of thioether (sulfide) groups is 1. The van der Waals surface area contributed by atoms with Crippen molar-refractivity contribution in [2.45, 2.75) is 50.3 Å². The predicted octanol–water partition coefficient (Wildman–Crippen LogP) is 2.68. The van der Waals surface area contributed by atoms with Gasteiger partial charge in [0.2, 0.25) is 0 Å². The molecule has 3 heteroatoms. The minimum Gasteiger partial charge on any atom is -0.381 e. The molecule has 1 aliphatic heterocycles. The summed E-state index contributed by atoms with van der Waals surface area (Å²) in [6.07, 6.45) is 5.31. The third-order valence-corrected chi connectivity index (χ3v) is 5.38. The molecule has 0 aromatic carbocycles. The third kappa shape index (κ3) is 3.38. The van der Waals surface area contributed by atoms with E-state index in [4.69, 9.17) is 4.74 Å². The zero-order valence-corrected chi connectivity index (χ0v) is 11.4. The normalized spacial score (nSPS) is 26.6. The summed E-state index contributed by atoms with van der Waals surface area (Å²) in [6.45, 7) is 7.69. The standard InChI is InChI=1S/C13H25NOS/c1-3-16-13(6-8-15-9-7-13)10-14-11(2)12-4-5-12/h11-12,14H,3-10H2,1-2H3. The minimum atomic E-state index is 0.455. The van der Waals surface area contributed by atoms with Gasteiger partial charge in [-0.15, -0.1) is 0 Å². The molecule has 1 atom stereocenters. The predicted molar refractivity (Wildman–Crippen MR) is 71.1 cm³/mol. The Balaban J connectivity index is 1.80. The molecule has 2 fully saturated rings. The van der Waals surface area contributed by atoms with Gasteiger partial charge in [0.05, 0.1) is 0 Å². The Morgan fingerprint density at radius 1 is 1.38 bits per heavy atom. The fourth-order valence-electron chi connectivity index (χ4n) is 2.53. The highest BCUT2D eigenvalue weighted by Crippen LogP contribution is 2.36. The monoisotopic (exact) mass is 243 g/mol. The molecule has 2 aliphatic rings. The molecule has 1 aliphatic carbocycles. The van der Waals surface area contributed by atoms with Crippen LogP contribution in [0.2, 0.25) is 0 Å². The van der Waals surface area contributed by atoms with Gasteiger partial charge in [-0.2, -0.15) is 11.8 Å². The van der Waals surface area contributed by atoms with Gasteiger partial charge < -0.3 is 10.1 Å². The highest BCUT2D eigenvalue weighted by molar-refractivity contribution is 8.00. The second-order valence-corrected chi connectivity index (χ2v) is 6.97. The van der Waals surface area contributed by atoms with Crippen molar-refractivity contribution in [3.8, 4) is 0 Å².